The molecule has 0 spiro atoms. The van der Waals surface area contributed by atoms with Crippen molar-refractivity contribution in [2.24, 2.45) is 0 Å². The van der Waals surface area contributed by atoms with Crippen LogP contribution in [0.1, 0.15) is 0 Å². The van der Waals surface area contributed by atoms with Crippen molar-refractivity contribution in [3.8, 4) is 20.9 Å². The van der Waals surface area contributed by atoms with E-state index in [1.54, 1.807) is 22.7 Å². The molecule has 0 saturated heterocycles. The Morgan fingerprint density at radius 3 is 2.06 bits per heavy atom. The van der Waals surface area contributed by atoms with Crippen LogP contribution in [-0.4, -0.2) is 0 Å². The van der Waals surface area contributed by atoms with Gasteiger partial charge < -0.3 is 11.5 Å². The molecule has 2 heterocycles. The summed E-state index contributed by atoms with van der Waals surface area (Å²) in [6, 6.07) is 12.1. The topological polar surface area (TPSA) is 52.0 Å². The zero-order valence-corrected chi connectivity index (χ0v) is 11.2. The van der Waals surface area contributed by atoms with Gasteiger partial charge in [0, 0.05) is 26.6 Å². The molecule has 0 unspecified atom stereocenters. The minimum absolute atomic E-state index is 0.732. The molecule has 3 aromatic rings. The molecule has 2 aromatic heterocycles. The minimum atomic E-state index is 0.732. The van der Waals surface area contributed by atoms with E-state index in [1.807, 2.05) is 35.7 Å². The molecule has 4 heteroatoms. The highest BCUT2D eigenvalue weighted by Gasteiger charge is 2.13. The highest BCUT2D eigenvalue weighted by Crippen LogP contribution is 2.41. The van der Waals surface area contributed by atoms with Crippen molar-refractivity contribution in [2.75, 3.05) is 11.5 Å². The molecule has 18 heavy (non-hydrogen) atoms. The Morgan fingerprint density at radius 2 is 1.44 bits per heavy atom. The van der Waals surface area contributed by atoms with Gasteiger partial charge >= 0.3 is 0 Å². The molecule has 1 aromatic carbocycles. The number of thiophene rings is 2. The second kappa shape index (κ2) is 4.48. The van der Waals surface area contributed by atoms with E-state index in [-0.39, 0.29) is 0 Å². The predicted octanol–water partition coefficient (Wildman–Crippen LogP) is 4.31. The average molecular weight is 272 g/mol. The molecule has 0 radical (unpaired) electrons. The lowest BCUT2D eigenvalue weighted by atomic mass is 10.0. The van der Waals surface area contributed by atoms with Crippen molar-refractivity contribution in [2.45, 2.75) is 0 Å². The average Bonchev–Trinajstić information content (AvgIpc) is 3.01. The molecule has 0 amide bonds. The molecule has 0 aliphatic carbocycles. The molecule has 4 N–H and O–H groups in total. The molecular weight excluding hydrogens is 260 g/mol. The molecule has 0 atom stereocenters. The fourth-order valence-electron chi connectivity index (χ4n) is 1.98. The third-order valence-electron chi connectivity index (χ3n) is 2.83. The van der Waals surface area contributed by atoms with Crippen molar-refractivity contribution in [3.05, 3.63) is 47.2 Å². The van der Waals surface area contributed by atoms with E-state index in [4.69, 9.17) is 11.5 Å². The third kappa shape index (κ3) is 1.79. The number of rotatable bonds is 2. The van der Waals surface area contributed by atoms with Gasteiger partial charge in [-0.15, -0.1) is 22.7 Å². The summed E-state index contributed by atoms with van der Waals surface area (Å²) in [4.78, 5) is 2.29. The van der Waals surface area contributed by atoms with Gasteiger partial charge in [0.1, 0.15) is 0 Å². The minimum Gasteiger partial charge on any atom is -0.398 e. The van der Waals surface area contributed by atoms with Crippen LogP contribution in [0.3, 0.4) is 0 Å². The number of hydrogen-bond donors (Lipinski definition) is 2. The van der Waals surface area contributed by atoms with Crippen LogP contribution < -0.4 is 11.5 Å². The zero-order valence-electron chi connectivity index (χ0n) is 9.59. The number of benzene rings is 1. The van der Waals surface area contributed by atoms with Crippen LogP contribution in [0.15, 0.2) is 47.2 Å². The first-order valence-electron chi connectivity index (χ1n) is 5.53. The summed E-state index contributed by atoms with van der Waals surface area (Å²) < 4.78 is 0. The van der Waals surface area contributed by atoms with E-state index in [0.717, 1.165) is 27.4 Å². The summed E-state index contributed by atoms with van der Waals surface area (Å²) in [5.74, 6) is 0. The lowest BCUT2D eigenvalue weighted by Crippen LogP contribution is -1.97. The van der Waals surface area contributed by atoms with E-state index in [0.29, 0.717) is 0 Å². The van der Waals surface area contributed by atoms with Gasteiger partial charge in [-0.3, -0.25) is 0 Å². The van der Waals surface area contributed by atoms with Gasteiger partial charge in [0.25, 0.3) is 0 Å². The molecular formula is C14H12N2S2. The maximum absolute atomic E-state index is 6.30. The van der Waals surface area contributed by atoms with Gasteiger partial charge in [-0.1, -0.05) is 12.1 Å². The summed E-state index contributed by atoms with van der Waals surface area (Å²) in [5.41, 5.74) is 15.9. The molecule has 3 rings (SSSR count). The standard InChI is InChI=1S/C14H12N2S2/c15-10-6-5-9(11-3-1-7-17-11)14(16)13(10)12-4-2-8-18-12/h1-8H,15-16H2. The van der Waals surface area contributed by atoms with Gasteiger partial charge in [-0.05, 0) is 35.0 Å². The summed E-state index contributed by atoms with van der Waals surface area (Å²) >= 11 is 3.34. The monoisotopic (exact) mass is 272 g/mol. The van der Waals surface area contributed by atoms with E-state index in [1.165, 1.54) is 4.88 Å². The summed E-state index contributed by atoms with van der Waals surface area (Å²) in [6.45, 7) is 0. The first kappa shape index (κ1) is 11.3. The Hall–Kier alpha value is -1.78. The maximum atomic E-state index is 6.30. The zero-order chi connectivity index (χ0) is 12.5. The number of hydrogen-bond acceptors (Lipinski definition) is 4. The van der Waals surface area contributed by atoms with Crippen molar-refractivity contribution >= 4 is 34.0 Å². The van der Waals surface area contributed by atoms with Crippen LogP contribution in [0.4, 0.5) is 11.4 Å². The molecule has 90 valence electrons. The van der Waals surface area contributed by atoms with Crippen molar-refractivity contribution in [3.63, 3.8) is 0 Å². The van der Waals surface area contributed by atoms with Gasteiger partial charge in [0.05, 0.1) is 5.69 Å². The lowest BCUT2D eigenvalue weighted by Gasteiger charge is -2.11. The van der Waals surface area contributed by atoms with Gasteiger partial charge in [0.15, 0.2) is 0 Å². The van der Waals surface area contributed by atoms with Crippen LogP contribution in [0.5, 0.6) is 0 Å². The Balaban J connectivity index is 2.24. The van der Waals surface area contributed by atoms with Crippen molar-refractivity contribution in [1.82, 2.24) is 0 Å². The van der Waals surface area contributed by atoms with Crippen molar-refractivity contribution in [1.29, 1.82) is 0 Å². The van der Waals surface area contributed by atoms with Crippen LogP contribution in [-0.2, 0) is 0 Å². The summed E-state index contributed by atoms with van der Waals surface area (Å²) in [5, 5.41) is 4.09. The largest absolute Gasteiger partial charge is 0.398 e. The Bertz CT molecular complexity index is 655. The Labute approximate surface area is 114 Å². The first-order valence-corrected chi connectivity index (χ1v) is 7.29. The first-order chi connectivity index (χ1) is 8.77. The van der Waals surface area contributed by atoms with E-state index in [2.05, 4.69) is 11.4 Å². The smallest absolute Gasteiger partial charge is 0.0510 e. The molecule has 0 saturated carbocycles. The molecule has 0 fully saturated rings. The highest BCUT2D eigenvalue weighted by molar-refractivity contribution is 7.14. The van der Waals surface area contributed by atoms with Gasteiger partial charge in [-0.2, -0.15) is 0 Å². The second-order valence-corrected chi connectivity index (χ2v) is 5.84. The fraction of sp³-hybridized carbons (Fsp3) is 0. The summed E-state index contributed by atoms with van der Waals surface area (Å²) in [7, 11) is 0. The van der Waals surface area contributed by atoms with Crippen LogP contribution in [0, 0.1) is 0 Å². The normalized spacial score (nSPS) is 10.7. The Morgan fingerprint density at radius 1 is 0.778 bits per heavy atom. The quantitative estimate of drug-likeness (QED) is 0.683. The number of nitrogens with two attached hydrogens (primary N) is 2. The second-order valence-electron chi connectivity index (χ2n) is 3.95. The van der Waals surface area contributed by atoms with Crippen LogP contribution in [0.2, 0.25) is 0 Å². The van der Waals surface area contributed by atoms with Gasteiger partial charge in [-0.25, -0.2) is 0 Å². The van der Waals surface area contributed by atoms with Gasteiger partial charge in [0.2, 0.25) is 0 Å². The van der Waals surface area contributed by atoms with Crippen LogP contribution in [0.25, 0.3) is 20.9 Å². The molecule has 2 nitrogen and oxygen atoms in total. The number of nitrogen functional groups attached to an aromatic ring is 2. The SMILES string of the molecule is Nc1ccc(-c2cccs2)c(N)c1-c1cccs1. The van der Waals surface area contributed by atoms with E-state index in [9.17, 15) is 0 Å². The van der Waals surface area contributed by atoms with Crippen molar-refractivity contribution < 1.29 is 0 Å². The molecule has 0 bridgehead atoms. The van der Waals surface area contributed by atoms with Crippen LogP contribution >= 0.6 is 22.7 Å². The maximum Gasteiger partial charge on any atom is 0.0510 e. The fourth-order valence-corrected chi connectivity index (χ4v) is 3.55. The number of anilines is 2. The molecule has 0 aliphatic rings. The van der Waals surface area contributed by atoms with E-state index < -0.39 is 0 Å². The third-order valence-corrected chi connectivity index (χ3v) is 4.62. The molecule has 0 aliphatic heterocycles. The van der Waals surface area contributed by atoms with E-state index >= 15 is 0 Å². The predicted molar refractivity (Wildman–Crippen MR) is 81.9 cm³/mol. The highest BCUT2D eigenvalue weighted by atomic mass is 32.1. The Kier molecular flexibility index (Phi) is 2.81. The lowest BCUT2D eigenvalue weighted by molar-refractivity contribution is 1.65. The summed E-state index contributed by atoms with van der Waals surface area (Å²) in [6.07, 6.45) is 0.